The molecular weight excluding hydrogens is 362 g/mol. The van der Waals surface area contributed by atoms with Gasteiger partial charge < -0.3 is 15.0 Å². The summed E-state index contributed by atoms with van der Waals surface area (Å²) in [6.45, 7) is 2.38. The maximum Gasteiger partial charge on any atom is 0.231 e. The van der Waals surface area contributed by atoms with Gasteiger partial charge in [0.25, 0.3) is 0 Å². The van der Waals surface area contributed by atoms with Gasteiger partial charge in [0, 0.05) is 18.7 Å². The van der Waals surface area contributed by atoms with Crippen molar-refractivity contribution in [2.75, 3.05) is 23.9 Å². The highest BCUT2D eigenvalue weighted by molar-refractivity contribution is 7.22. The van der Waals surface area contributed by atoms with Crippen molar-refractivity contribution in [2.45, 2.75) is 13.3 Å². The number of thiazole rings is 1. The lowest BCUT2D eigenvalue weighted by molar-refractivity contribution is -0.122. The third kappa shape index (κ3) is 3.50. The smallest absolute Gasteiger partial charge is 0.231 e. The standard InChI is InChI=1S/C20H19N3O3S/c1-12-3-5-14(6-4-12)23-11-13(9-18(23)24)19(25)22-20-21-16-8-7-15(26-2)10-17(16)27-20/h3-8,10,13H,9,11H2,1-2H3,(H,21,22,25)/t13-/m0/s1. The molecule has 1 aliphatic rings. The molecule has 0 aliphatic carbocycles. The molecule has 138 valence electrons. The highest BCUT2D eigenvalue weighted by Gasteiger charge is 2.35. The van der Waals surface area contributed by atoms with Gasteiger partial charge in [-0.1, -0.05) is 29.0 Å². The number of amides is 2. The van der Waals surface area contributed by atoms with E-state index in [0.29, 0.717) is 11.7 Å². The number of hydrogen-bond acceptors (Lipinski definition) is 5. The summed E-state index contributed by atoms with van der Waals surface area (Å²) in [4.78, 5) is 31.1. The van der Waals surface area contributed by atoms with E-state index in [-0.39, 0.29) is 24.2 Å². The summed E-state index contributed by atoms with van der Waals surface area (Å²) in [6.07, 6.45) is 0.207. The predicted molar refractivity (Wildman–Crippen MR) is 106 cm³/mol. The van der Waals surface area contributed by atoms with Crippen LogP contribution in [-0.4, -0.2) is 30.5 Å². The molecule has 4 rings (SSSR count). The molecule has 0 unspecified atom stereocenters. The number of fused-ring (bicyclic) bond motifs is 1. The second-order valence-electron chi connectivity index (χ2n) is 6.58. The highest BCUT2D eigenvalue weighted by Crippen LogP contribution is 2.31. The third-order valence-corrected chi connectivity index (χ3v) is 5.60. The topological polar surface area (TPSA) is 71.5 Å². The van der Waals surface area contributed by atoms with E-state index in [1.165, 1.54) is 11.3 Å². The summed E-state index contributed by atoms with van der Waals surface area (Å²) in [6, 6.07) is 13.3. The summed E-state index contributed by atoms with van der Waals surface area (Å²) in [5, 5.41) is 3.39. The van der Waals surface area contributed by atoms with E-state index < -0.39 is 0 Å². The number of benzene rings is 2. The van der Waals surface area contributed by atoms with Gasteiger partial charge in [-0.3, -0.25) is 9.59 Å². The van der Waals surface area contributed by atoms with E-state index >= 15 is 0 Å². The number of aromatic nitrogens is 1. The van der Waals surface area contributed by atoms with E-state index in [0.717, 1.165) is 27.2 Å². The maximum absolute atomic E-state index is 12.6. The maximum atomic E-state index is 12.6. The lowest BCUT2D eigenvalue weighted by Crippen LogP contribution is -2.28. The average molecular weight is 381 g/mol. The molecule has 0 saturated carbocycles. The Morgan fingerprint density at radius 2 is 2.04 bits per heavy atom. The fourth-order valence-electron chi connectivity index (χ4n) is 3.15. The van der Waals surface area contributed by atoms with E-state index in [4.69, 9.17) is 4.74 Å². The lowest BCUT2D eigenvalue weighted by Gasteiger charge is -2.16. The molecular formula is C20H19N3O3S. The van der Waals surface area contributed by atoms with Crippen LogP contribution in [0.25, 0.3) is 10.2 Å². The Bertz CT molecular complexity index is 1010. The normalized spacial score (nSPS) is 16.7. The molecule has 2 heterocycles. The zero-order valence-corrected chi connectivity index (χ0v) is 15.9. The zero-order chi connectivity index (χ0) is 19.0. The predicted octanol–water partition coefficient (Wildman–Crippen LogP) is 3.60. The Morgan fingerprint density at radius 1 is 1.26 bits per heavy atom. The first-order valence-corrected chi connectivity index (χ1v) is 9.47. The van der Waals surface area contributed by atoms with Crippen LogP contribution < -0.4 is 15.0 Å². The van der Waals surface area contributed by atoms with Crippen LogP contribution in [-0.2, 0) is 9.59 Å². The Morgan fingerprint density at radius 3 is 2.78 bits per heavy atom. The van der Waals surface area contributed by atoms with Crippen LogP contribution in [0.4, 0.5) is 10.8 Å². The van der Waals surface area contributed by atoms with Gasteiger partial charge in [0.1, 0.15) is 5.75 Å². The first-order chi connectivity index (χ1) is 13.0. The molecule has 1 fully saturated rings. The number of carbonyl (C=O) groups excluding carboxylic acids is 2. The van der Waals surface area contributed by atoms with Crippen LogP contribution in [0, 0.1) is 12.8 Å². The number of methoxy groups -OCH3 is 1. The van der Waals surface area contributed by atoms with Crippen molar-refractivity contribution in [3.05, 3.63) is 48.0 Å². The Balaban J connectivity index is 1.47. The summed E-state index contributed by atoms with van der Waals surface area (Å²) < 4.78 is 6.15. The number of nitrogens with one attached hydrogen (secondary N) is 1. The fourth-order valence-corrected chi connectivity index (χ4v) is 4.05. The van der Waals surface area contributed by atoms with Crippen LogP contribution in [0.2, 0.25) is 0 Å². The molecule has 2 amide bonds. The van der Waals surface area contributed by atoms with Gasteiger partial charge in [0.2, 0.25) is 11.8 Å². The Hall–Kier alpha value is -2.93. The molecule has 27 heavy (non-hydrogen) atoms. The largest absolute Gasteiger partial charge is 0.497 e. The second kappa shape index (κ2) is 7.00. The van der Waals surface area contributed by atoms with E-state index in [2.05, 4.69) is 10.3 Å². The average Bonchev–Trinajstić information content (AvgIpc) is 3.24. The minimum Gasteiger partial charge on any atom is -0.497 e. The molecule has 2 aromatic carbocycles. The molecule has 1 saturated heterocycles. The molecule has 3 aromatic rings. The van der Waals surface area contributed by atoms with Crippen LogP contribution >= 0.6 is 11.3 Å². The molecule has 7 heteroatoms. The minimum absolute atomic E-state index is 0.0342. The van der Waals surface area contributed by atoms with Crippen molar-refractivity contribution < 1.29 is 14.3 Å². The van der Waals surface area contributed by atoms with Crippen molar-refractivity contribution >= 4 is 44.2 Å². The molecule has 1 aliphatic heterocycles. The quantitative estimate of drug-likeness (QED) is 0.749. The Kier molecular flexibility index (Phi) is 4.53. The summed E-state index contributed by atoms with van der Waals surface area (Å²) in [5.74, 6) is 0.150. The van der Waals surface area contributed by atoms with Crippen molar-refractivity contribution in [3.8, 4) is 5.75 Å². The van der Waals surface area contributed by atoms with E-state index in [1.807, 2.05) is 49.4 Å². The van der Waals surface area contributed by atoms with Crippen LogP contribution in [0.5, 0.6) is 5.75 Å². The Labute approximate surface area is 160 Å². The molecule has 1 atom stereocenters. The van der Waals surface area contributed by atoms with Gasteiger partial charge in [-0.15, -0.1) is 0 Å². The number of rotatable bonds is 4. The van der Waals surface area contributed by atoms with Crippen LogP contribution in [0.15, 0.2) is 42.5 Å². The fraction of sp³-hybridized carbons (Fsp3) is 0.250. The summed E-state index contributed by atoms with van der Waals surface area (Å²) in [7, 11) is 1.61. The van der Waals surface area contributed by atoms with Crippen LogP contribution in [0.1, 0.15) is 12.0 Å². The number of nitrogens with zero attached hydrogens (tertiary/aromatic N) is 2. The van der Waals surface area contributed by atoms with Gasteiger partial charge in [0.05, 0.1) is 23.2 Å². The zero-order valence-electron chi connectivity index (χ0n) is 15.1. The number of carbonyl (C=O) groups is 2. The molecule has 1 N–H and O–H groups in total. The molecule has 0 radical (unpaired) electrons. The van der Waals surface area contributed by atoms with Crippen LogP contribution in [0.3, 0.4) is 0 Å². The number of hydrogen-bond donors (Lipinski definition) is 1. The summed E-state index contributed by atoms with van der Waals surface area (Å²) >= 11 is 1.39. The molecule has 0 spiro atoms. The number of aryl methyl sites for hydroxylation is 1. The number of ether oxygens (including phenoxy) is 1. The van der Waals surface area contributed by atoms with Gasteiger partial charge in [-0.05, 0) is 37.3 Å². The summed E-state index contributed by atoms with van der Waals surface area (Å²) in [5.41, 5.74) is 2.76. The first-order valence-electron chi connectivity index (χ1n) is 8.66. The second-order valence-corrected chi connectivity index (χ2v) is 7.61. The molecule has 1 aromatic heterocycles. The van der Waals surface area contributed by atoms with E-state index in [9.17, 15) is 9.59 Å². The van der Waals surface area contributed by atoms with Crippen molar-refractivity contribution in [3.63, 3.8) is 0 Å². The van der Waals surface area contributed by atoms with Crippen molar-refractivity contribution in [2.24, 2.45) is 5.92 Å². The first kappa shape index (κ1) is 17.5. The molecule has 6 nitrogen and oxygen atoms in total. The third-order valence-electron chi connectivity index (χ3n) is 4.67. The van der Waals surface area contributed by atoms with Crippen molar-refractivity contribution in [1.29, 1.82) is 0 Å². The van der Waals surface area contributed by atoms with E-state index in [1.54, 1.807) is 12.0 Å². The highest BCUT2D eigenvalue weighted by atomic mass is 32.1. The molecule has 0 bridgehead atoms. The monoisotopic (exact) mass is 381 g/mol. The number of anilines is 2. The lowest BCUT2D eigenvalue weighted by atomic mass is 10.1. The SMILES string of the molecule is COc1ccc2nc(NC(=O)[C@H]3CC(=O)N(c4ccc(C)cc4)C3)sc2c1. The van der Waals surface area contributed by atoms with Gasteiger partial charge in [-0.25, -0.2) is 4.98 Å². The van der Waals surface area contributed by atoms with Gasteiger partial charge in [-0.2, -0.15) is 0 Å². The van der Waals surface area contributed by atoms with Gasteiger partial charge >= 0.3 is 0 Å². The van der Waals surface area contributed by atoms with Gasteiger partial charge in [0.15, 0.2) is 5.13 Å². The minimum atomic E-state index is -0.389. The van der Waals surface area contributed by atoms with Crippen molar-refractivity contribution in [1.82, 2.24) is 4.98 Å².